The van der Waals surface area contributed by atoms with Crippen molar-refractivity contribution in [2.75, 3.05) is 4.72 Å². The van der Waals surface area contributed by atoms with E-state index in [1.165, 1.54) is 6.07 Å². The molecule has 0 aliphatic rings. The monoisotopic (exact) mass is 436 g/mol. The molecule has 3 aromatic rings. The van der Waals surface area contributed by atoms with Crippen LogP contribution in [-0.4, -0.2) is 14.3 Å². The summed E-state index contributed by atoms with van der Waals surface area (Å²) in [7, 11) is -3.84. The second-order valence-electron chi connectivity index (χ2n) is 8.01. The number of nitrogens with one attached hydrogen (secondary N) is 2. The molecule has 1 amide bonds. The van der Waals surface area contributed by atoms with Gasteiger partial charge in [0.15, 0.2) is 0 Å². The van der Waals surface area contributed by atoms with Gasteiger partial charge in [-0.15, -0.1) is 0 Å². The average Bonchev–Trinajstić information content (AvgIpc) is 2.67. The number of carbonyl (C=O) groups excluding carboxylic acids is 1. The molecule has 0 heterocycles. The molecule has 0 bridgehead atoms. The summed E-state index contributed by atoms with van der Waals surface area (Å²) in [4.78, 5) is 13.0. The summed E-state index contributed by atoms with van der Waals surface area (Å²) >= 11 is 0. The van der Waals surface area contributed by atoms with E-state index in [4.69, 9.17) is 0 Å². The van der Waals surface area contributed by atoms with Gasteiger partial charge in [-0.3, -0.25) is 9.52 Å². The molecule has 0 radical (unpaired) electrons. The van der Waals surface area contributed by atoms with Crippen molar-refractivity contribution in [2.24, 2.45) is 0 Å². The molecule has 2 N–H and O–H groups in total. The Kier molecular flexibility index (Phi) is 6.51. The summed E-state index contributed by atoms with van der Waals surface area (Å²) < 4.78 is 28.6. The Morgan fingerprint density at radius 1 is 0.839 bits per heavy atom. The van der Waals surface area contributed by atoms with Gasteiger partial charge in [-0.05, 0) is 81.1 Å². The zero-order valence-electron chi connectivity index (χ0n) is 18.5. The van der Waals surface area contributed by atoms with Crippen LogP contribution >= 0.6 is 0 Å². The summed E-state index contributed by atoms with van der Waals surface area (Å²) in [5.74, 6) is -0.320. The van der Waals surface area contributed by atoms with Gasteiger partial charge in [-0.1, -0.05) is 42.0 Å². The van der Waals surface area contributed by atoms with Crippen LogP contribution in [0, 0.1) is 27.7 Å². The van der Waals surface area contributed by atoms with Crippen LogP contribution in [0.2, 0.25) is 0 Å². The quantitative estimate of drug-likeness (QED) is 0.557. The number of amides is 1. The minimum absolute atomic E-state index is 0.0841. The molecule has 0 spiro atoms. The normalized spacial score (nSPS) is 12.3. The largest absolute Gasteiger partial charge is 0.346 e. The molecule has 162 valence electrons. The number of hydrogen-bond donors (Lipinski definition) is 2. The van der Waals surface area contributed by atoms with Gasteiger partial charge in [0.05, 0.1) is 10.9 Å². The van der Waals surface area contributed by atoms with Crippen molar-refractivity contribution in [3.63, 3.8) is 0 Å². The number of rotatable bonds is 6. The Balaban J connectivity index is 1.85. The smallest absolute Gasteiger partial charge is 0.262 e. The standard InChI is InChI=1S/C25H28N2O3S/c1-16-7-6-8-22(14-16)27-31(29,30)24-15-21(11-10-18(24)3)25(28)26-20(5)23-12-9-17(2)13-19(23)4/h6-15,20,27H,1-5H3,(H,26,28)/t20-/m0/s1. The predicted molar refractivity (Wildman–Crippen MR) is 125 cm³/mol. The second-order valence-corrected chi connectivity index (χ2v) is 9.66. The molecule has 0 saturated carbocycles. The van der Waals surface area contributed by atoms with Gasteiger partial charge in [-0.25, -0.2) is 8.42 Å². The van der Waals surface area contributed by atoms with E-state index < -0.39 is 10.0 Å². The van der Waals surface area contributed by atoms with Crippen molar-refractivity contribution in [1.29, 1.82) is 0 Å². The fraction of sp³-hybridized carbons (Fsp3) is 0.240. The summed E-state index contributed by atoms with van der Waals surface area (Å²) in [6.07, 6.45) is 0. The van der Waals surface area contributed by atoms with Crippen molar-refractivity contribution in [3.05, 3.63) is 94.0 Å². The van der Waals surface area contributed by atoms with E-state index in [1.54, 1.807) is 37.3 Å². The topological polar surface area (TPSA) is 75.3 Å². The zero-order chi connectivity index (χ0) is 22.8. The van der Waals surface area contributed by atoms with Gasteiger partial charge in [-0.2, -0.15) is 0 Å². The van der Waals surface area contributed by atoms with E-state index in [0.717, 1.165) is 22.3 Å². The van der Waals surface area contributed by atoms with Crippen molar-refractivity contribution < 1.29 is 13.2 Å². The number of carbonyl (C=O) groups is 1. The Morgan fingerprint density at radius 2 is 1.55 bits per heavy atom. The van der Waals surface area contributed by atoms with Crippen LogP contribution in [-0.2, 0) is 10.0 Å². The first-order valence-electron chi connectivity index (χ1n) is 10.1. The van der Waals surface area contributed by atoms with Crippen LogP contribution in [0.1, 0.15) is 51.1 Å². The highest BCUT2D eigenvalue weighted by Gasteiger charge is 2.20. The minimum Gasteiger partial charge on any atom is -0.346 e. The number of benzene rings is 3. The summed E-state index contributed by atoms with van der Waals surface area (Å²) in [5.41, 5.74) is 5.59. The highest BCUT2D eigenvalue weighted by atomic mass is 32.2. The van der Waals surface area contributed by atoms with Crippen molar-refractivity contribution >= 4 is 21.6 Å². The SMILES string of the molecule is Cc1cccc(NS(=O)(=O)c2cc(C(=O)N[C@@H](C)c3ccc(C)cc3C)ccc2C)c1. The second kappa shape index (κ2) is 8.94. The lowest BCUT2D eigenvalue weighted by molar-refractivity contribution is 0.0939. The van der Waals surface area contributed by atoms with Crippen molar-refractivity contribution in [1.82, 2.24) is 5.32 Å². The average molecular weight is 437 g/mol. The van der Waals surface area contributed by atoms with Crippen LogP contribution in [0.25, 0.3) is 0 Å². The van der Waals surface area contributed by atoms with E-state index in [9.17, 15) is 13.2 Å². The van der Waals surface area contributed by atoms with Crippen LogP contribution in [0.5, 0.6) is 0 Å². The molecular weight excluding hydrogens is 408 g/mol. The maximum absolute atomic E-state index is 13.0. The van der Waals surface area contributed by atoms with Crippen molar-refractivity contribution in [2.45, 2.75) is 45.6 Å². The lowest BCUT2D eigenvalue weighted by Crippen LogP contribution is -2.27. The molecule has 0 aliphatic carbocycles. The molecular formula is C25H28N2O3S. The van der Waals surface area contributed by atoms with E-state index in [1.807, 2.05) is 45.9 Å². The minimum atomic E-state index is -3.84. The van der Waals surface area contributed by atoms with E-state index >= 15 is 0 Å². The number of aryl methyl sites for hydroxylation is 4. The lowest BCUT2D eigenvalue weighted by Gasteiger charge is -2.18. The number of anilines is 1. The first-order chi connectivity index (χ1) is 14.6. The third kappa shape index (κ3) is 5.33. The van der Waals surface area contributed by atoms with Gasteiger partial charge in [0, 0.05) is 11.3 Å². The Labute approximate surface area is 184 Å². The fourth-order valence-corrected chi connectivity index (χ4v) is 4.94. The molecule has 6 heteroatoms. The van der Waals surface area contributed by atoms with Crippen LogP contribution in [0.4, 0.5) is 5.69 Å². The zero-order valence-corrected chi connectivity index (χ0v) is 19.3. The van der Waals surface area contributed by atoms with E-state index in [-0.39, 0.29) is 16.8 Å². The molecule has 0 unspecified atom stereocenters. The highest BCUT2D eigenvalue weighted by molar-refractivity contribution is 7.92. The highest BCUT2D eigenvalue weighted by Crippen LogP contribution is 2.23. The maximum atomic E-state index is 13.0. The van der Waals surface area contributed by atoms with Gasteiger partial charge >= 0.3 is 0 Å². The molecule has 3 aromatic carbocycles. The van der Waals surface area contributed by atoms with Gasteiger partial charge < -0.3 is 5.32 Å². The predicted octanol–water partition coefficient (Wildman–Crippen LogP) is 5.21. The van der Waals surface area contributed by atoms with Crippen LogP contribution in [0.3, 0.4) is 0 Å². The maximum Gasteiger partial charge on any atom is 0.262 e. The molecule has 0 saturated heterocycles. The number of hydrogen-bond acceptors (Lipinski definition) is 3. The van der Waals surface area contributed by atoms with Crippen LogP contribution in [0.15, 0.2) is 65.6 Å². The summed E-state index contributed by atoms with van der Waals surface area (Å²) in [6.45, 7) is 9.56. The van der Waals surface area contributed by atoms with Crippen molar-refractivity contribution in [3.8, 4) is 0 Å². The molecule has 5 nitrogen and oxygen atoms in total. The van der Waals surface area contributed by atoms with E-state index in [0.29, 0.717) is 16.8 Å². The molecule has 3 rings (SSSR count). The van der Waals surface area contributed by atoms with E-state index in [2.05, 4.69) is 16.1 Å². The van der Waals surface area contributed by atoms with Crippen LogP contribution < -0.4 is 10.0 Å². The first kappa shape index (κ1) is 22.6. The third-order valence-electron chi connectivity index (χ3n) is 5.25. The Bertz CT molecular complexity index is 1230. The molecule has 0 aliphatic heterocycles. The van der Waals surface area contributed by atoms with Gasteiger partial charge in [0.1, 0.15) is 0 Å². The van der Waals surface area contributed by atoms with Gasteiger partial charge in [0.2, 0.25) is 0 Å². The molecule has 0 fully saturated rings. The third-order valence-corrected chi connectivity index (χ3v) is 6.77. The molecule has 31 heavy (non-hydrogen) atoms. The summed E-state index contributed by atoms with van der Waals surface area (Å²) in [6, 6.07) is 17.8. The molecule has 0 aromatic heterocycles. The Hall–Kier alpha value is -3.12. The fourth-order valence-electron chi connectivity index (χ4n) is 3.62. The first-order valence-corrected chi connectivity index (χ1v) is 11.6. The Morgan fingerprint density at radius 3 is 2.23 bits per heavy atom. The lowest BCUT2D eigenvalue weighted by atomic mass is 10.00. The number of sulfonamides is 1. The summed E-state index contributed by atoms with van der Waals surface area (Å²) in [5, 5.41) is 2.97. The molecule has 1 atom stereocenters. The van der Waals surface area contributed by atoms with Gasteiger partial charge in [0.25, 0.3) is 15.9 Å².